The number of rotatable bonds is 3. The van der Waals surface area contributed by atoms with E-state index in [1.807, 2.05) is 31.2 Å². The average Bonchev–Trinajstić information content (AvgIpc) is 2.96. The molecule has 2 aliphatic carbocycles. The van der Waals surface area contributed by atoms with Gasteiger partial charge in [0.05, 0.1) is 0 Å². The van der Waals surface area contributed by atoms with E-state index in [1.54, 1.807) is 0 Å². The molecule has 0 aliphatic heterocycles. The van der Waals surface area contributed by atoms with Gasteiger partial charge in [-0.05, 0) is 53.5 Å². The fraction of sp³-hybridized carbons (Fsp3) is 0.455. The Morgan fingerprint density at radius 3 is 2.52 bits per heavy atom. The van der Waals surface area contributed by atoms with Crippen molar-refractivity contribution in [3.05, 3.63) is 48.0 Å². The van der Waals surface area contributed by atoms with Crippen molar-refractivity contribution in [1.29, 1.82) is 0 Å². The molecule has 0 spiro atoms. The summed E-state index contributed by atoms with van der Waals surface area (Å²) < 4.78 is 5.84. The van der Waals surface area contributed by atoms with Crippen LogP contribution in [0.15, 0.2) is 42.5 Å². The molecule has 0 radical (unpaired) electrons. The molecule has 130 valence electrons. The van der Waals surface area contributed by atoms with Crippen LogP contribution in [0.4, 0.5) is 0 Å². The molecule has 2 saturated carbocycles. The third kappa shape index (κ3) is 2.18. The second-order valence-corrected chi connectivity index (χ2v) is 8.14. The number of Topliss-reactive ketones (excluding diaryl/α,β-unsaturated/α-hetero) is 1. The normalized spacial score (nSPS) is 28.3. The largest absolute Gasteiger partial charge is 0.457 e. The summed E-state index contributed by atoms with van der Waals surface area (Å²) in [4.78, 5) is 25.7. The topological polar surface area (TPSA) is 43.4 Å². The van der Waals surface area contributed by atoms with E-state index in [1.165, 1.54) is 0 Å². The molecule has 2 fully saturated rings. The molecule has 4 rings (SSSR count). The highest BCUT2D eigenvalue weighted by Crippen LogP contribution is 2.64. The first kappa shape index (κ1) is 16.3. The van der Waals surface area contributed by atoms with E-state index in [2.05, 4.69) is 32.0 Å². The van der Waals surface area contributed by atoms with Gasteiger partial charge in [-0.15, -0.1) is 0 Å². The number of ketones is 1. The highest BCUT2D eigenvalue weighted by molar-refractivity contribution is 6.07. The van der Waals surface area contributed by atoms with Gasteiger partial charge in [-0.1, -0.05) is 50.2 Å². The maximum Gasteiger partial charge on any atom is 0.320 e. The van der Waals surface area contributed by atoms with Gasteiger partial charge in [-0.3, -0.25) is 9.59 Å². The van der Waals surface area contributed by atoms with Crippen molar-refractivity contribution in [2.24, 2.45) is 16.7 Å². The van der Waals surface area contributed by atoms with E-state index in [-0.39, 0.29) is 23.3 Å². The van der Waals surface area contributed by atoms with Gasteiger partial charge < -0.3 is 4.74 Å². The maximum absolute atomic E-state index is 13.1. The number of hydrogen-bond donors (Lipinski definition) is 0. The lowest BCUT2D eigenvalue weighted by Gasteiger charge is -2.34. The lowest BCUT2D eigenvalue weighted by atomic mass is 9.69. The molecule has 0 heterocycles. The molecule has 1 unspecified atom stereocenters. The molecule has 3 heteroatoms. The van der Waals surface area contributed by atoms with Crippen molar-refractivity contribution in [1.82, 2.24) is 0 Å². The third-order valence-corrected chi connectivity index (χ3v) is 6.77. The molecule has 2 aliphatic rings. The summed E-state index contributed by atoms with van der Waals surface area (Å²) in [5.74, 6) is 0.0520. The van der Waals surface area contributed by atoms with E-state index in [9.17, 15) is 9.59 Å². The zero-order valence-electron chi connectivity index (χ0n) is 15.0. The summed E-state index contributed by atoms with van der Waals surface area (Å²) in [6, 6.07) is 14.2. The van der Waals surface area contributed by atoms with Crippen molar-refractivity contribution in [3.8, 4) is 0 Å². The van der Waals surface area contributed by atoms with Crippen LogP contribution in [0.5, 0.6) is 0 Å². The van der Waals surface area contributed by atoms with E-state index in [0.717, 1.165) is 22.8 Å². The quantitative estimate of drug-likeness (QED) is 0.595. The van der Waals surface area contributed by atoms with Crippen molar-refractivity contribution in [3.63, 3.8) is 0 Å². The van der Waals surface area contributed by atoms with Gasteiger partial charge in [0, 0.05) is 6.42 Å². The Bertz CT molecular complexity index is 866. The first-order valence-electron chi connectivity index (χ1n) is 9.09. The fourth-order valence-corrected chi connectivity index (χ4v) is 4.95. The number of esters is 1. The van der Waals surface area contributed by atoms with Crippen molar-refractivity contribution >= 4 is 22.5 Å². The average molecular weight is 336 g/mol. The number of benzene rings is 2. The summed E-state index contributed by atoms with van der Waals surface area (Å²) >= 11 is 0. The molecule has 2 aromatic carbocycles. The van der Waals surface area contributed by atoms with E-state index < -0.39 is 5.41 Å². The Hall–Kier alpha value is -2.16. The summed E-state index contributed by atoms with van der Waals surface area (Å²) in [6.45, 7) is 5.99. The minimum Gasteiger partial charge on any atom is -0.457 e. The van der Waals surface area contributed by atoms with Crippen LogP contribution < -0.4 is 0 Å². The molecule has 25 heavy (non-hydrogen) atoms. The monoisotopic (exact) mass is 336 g/mol. The van der Waals surface area contributed by atoms with Gasteiger partial charge in [-0.2, -0.15) is 0 Å². The smallest absolute Gasteiger partial charge is 0.320 e. The summed E-state index contributed by atoms with van der Waals surface area (Å²) in [5.41, 5.74) is -0.284. The zero-order chi connectivity index (χ0) is 17.8. The SMILES string of the molecule is C[C@H](OC(=O)[C@]12CCC(CC1=O)C2(C)C)c1ccc2ccccc2c1. The van der Waals surface area contributed by atoms with Gasteiger partial charge in [0.25, 0.3) is 0 Å². The Labute approximate surface area is 148 Å². The molecule has 0 saturated heterocycles. The Morgan fingerprint density at radius 1 is 1.16 bits per heavy atom. The predicted octanol–water partition coefficient (Wildman–Crippen LogP) is 4.84. The maximum atomic E-state index is 13.1. The van der Waals surface area contributed by atoms with Crippen LogP contribution in [0.3, 0.4) is 0 Å². The lowest BCUT2D eigenvalue weighted by molar-refractivity contribution is -0.169. The van der Waals surface area contributed by atoms with Crippen molar-refractivity contribution < 1.29 is 14.3 Å². The van der Waals surface area contributed by atoms with Crippen LogP contribution in [0.1, 0.15) is 51.7 Å². The van der Waals surface area contributed by atoms with Gasteiger partial charge in [0.1, 0.15) is 11.5 Å². The fourth-order valence-electron chi connectivity index (χ4n) is 4.95. The summed E-state index contributed by atoms with van der Waals surface area (Å²) in [6.07, 6.45) is 1.73. The van der Waals surface area contributed by atoms with E-state index >= 15 is 0 Å². The molecule has 2 aromatic rings. The first-order chi connectivity index (χ1) is 11.9. The second kappa shape index (κ2) is 5.42. The second-order valence-electron chi connectivity index (χ2n) is 8.14. The molecule has 0 aromatic heterocycles. The standard InChI is InChI=1S/C22H24O3/c1-14(16-9-8-15-6-4-5-7-17(15)12-16)25-20(24)22-11-10-18(13-19(22)23)21(22,2)3/h4-9,12,14,18H,10-11,13H2,1-3H3/t14-,18?,22-/m0/s1. The Balaban J connectivity index is 1.60. The van der Waals surface area contributed by atoms with E-state index in [4.69, 9.17) is 4.74 Å². The Kier molecular flexibility index (Phi) is 3.54. The number of carbonyl (C=O) groups is 2. The lowest BCUT2D eigenvalue weighted by Crippen LogP contribution is -2.44. The zero-order valence-corrected chi connectivity index (χ0v) is 15.0. The molecule has 3 atom stereocenters. The molecule has 2 bridgehead atoms. The number of fused-ring (bicyclic) bond motifs is 3. The van der Waals surface area contributed by atoms with Crippen molar-refractivity contribution in [2.45, 2.75) is 46.1 Å². The number of carbonyl (C=O) groups excluding carboxylic acids is 2. The molecule has 3 nitrogen and oxygen atoms in total. The predicted molar refractivity (Wildman–Crippen MR) is 97.0 cm³/mol. The summed E-state index contributed by atoms with van der Waals surface area (Å²) in [7, 11) is 0. The van der Waals surface area contributed by atoms with Crippen LogP contribution in [0.2, 0.25) is 0 Å². The van der Waals surface area contributed by atoms with Crippen LogP contribution in [0.25, 0.3) is 10.8 Å². The highest BCUT2D eigenvalue weighted by atomic mass is 16.5. The first-order valence-corrected chi connectivity index (χ1v) is 9.09. The van der Waals surface area contributed by atoms with Gasteiger partial charge in [-0.25, -0.2) is 0 Å². The van der Waals surface area contributed by atoms with Crippen LogP contribution in [-0.4, -0.2) is 11.8 Å². The molecular weight excluding hydrogens is 312 g/mol. The van der Waals surface area contributed by atoms with Crippen LogP contribution in [-0.2, 0) is 14.3 Å². The molecule has 0 N–H and O–H groups in total. The van der Waals surface area contributed by atoms with Gasteiger partial charge in [0.2, 0.25) is 0 Å². The van der Waals surface area contributed by atoms with Crippen molar-refractivity contribution in [2.75, 3.05) is 0 Å². The molecular formula is C22H24O3. The summed E-state index contributed by atoms with van der Waals surface area (Å²) in [5, 5.41) is 2.29. The highest BCUT2D eigenvalue weighted by Gasteiger charge is 2.69. The third-order valence-electron chi connectivity index (χ3n) is 6.77. The Morgan fingerprint density at radius 2 is 1.88 bits per heavy atom. The van der Waals surface area contributed by atoms with Gasteiger partial charge >= 0.3 is 5.97 Å². The number of ether oxygens (including phenoxy) is 1. The molecule has 0 amide bonds. The number of hydrogen-bond acceptors (Lipinski definition) is 3. The van der Waals surface area contributed by atoms with Gasteiger partial charge in [0.15, 0.2) is 5.78 Å². The van der Waals surface area contributed by atoms with E-state index in [0.29, 0.717) is 18.8 Å². The van der Waals surface area contributed by atoms with Crippen LogP contribution >= 0.6 is 0 Å². The minimum atomic E-state index is -0.942. The van der Waals surface area contributed by atoms with Crippen LogP contribution in [0, 0.1) is 16.7 Å². The minimum absolute atomic E-state index is 0.0736.